The average molecular weight is 533 g/mol. The molecule has 3 N–H and O–H groups in total. The van der Waals surface area contributed by atoms with Crippen LogP contribution in [0.3, 0.4) is 0 Å². The van der Waals surface area contributed by atoms with Crippen molar-refractivity contribution < 1.29 is 13.5 Å². The summed E-state index contributed by atoms with van der Waals surface area (Å²) in [6.45, 7) is 6.25. The molecule has 0 spiro atoms. The highest BCUT2D eigenvalue weighted by Crippen LogP contribution is 2.24. The Kier molecular flexibility index (Phi) is 13.5. The van der Waals surface area contributed by atoms with Crippen LogP contribution in [0.4, 0.5) is 0 Å². The van der Waals surface area contributed by atoms with Gasteiger partial charge in [0.25, 0.3) is 10.0 Å². The minimum absolute atomic E-state index is 0. The van der Waals surface area contributed by atoms with Crippen molar-refractivity contribution in [2.24, 2.45) is 10.9 Å². The summed E-state index contributed by atoms with van der Waals surface area (Å²) in [6.07, 6.45) is 2.92. The van der Waals surface area contributed by atoms with Gasteiger partial charge in [0.05, 0.1) is 6.54 Å². The standard InChI is InChI=1S/C17H32N4O3S2.HI/c1-5-7-14(10-11-22)12-19-17(18-6-2)20-13-15-8-9-16(25-15)26(23,24)21(3)4;/h8-9,14,22H,5-7,10-13H2,1-4H3,(H2,18,19,20);1H. The summed E-state index contributed by atoms with van der Waals surface area (Å²) in [4.78, 5) is 5.44. The van der Waals surface area contributed by atoms with E-state index in [9.17, 15) is 8.42 Å². The fourth-order valence-corrected chi connectivity index (χ4v) is 4.89. The van der Waals surface area contributed by atoms with Crippen molar-refractivity contribution in [2.75, 3.05) is 33.8 Å². The number of aliphatic hydroxyl groups excluding tert-OH is 1. The number of guanidine groups is 1. The Morgan fingerprint density at radius 3 is 2.52 bits per heavy atom. The molecule has 0 saturated heterocycles. The number of rotatable bonds is 11. The molecule has 0 radical (unpaired) electrons. The Morgan fingerprint density at radius 2 is 1.96 bits per heavy atom. The third-order valence-electron chi connectivity index (χ3n) is 3.90. The SMILES string of the molecule is CCCC(CCO)CNC(=NCc1ccc(S(=O)(=O)N(C)C)s1)NCC.I. The first kappa shape index (κ1) is 26.6. The highest BCUT2D eigenvalue weighted by Gasteiger charge is 2.19. The zero-order valence-electron chi connectivity index (χ0n) is 16.6. The first-order chi connectivity index (χ1) is 12.3. The van der Waals surface area contributed by atoms with E-state index >= 15 is 0 Å². The van der Waals surface area contributed by atoms with Crippen LogP contribution < -0.4 is 10.6 Å². The second kappa shape index (κ2) is 13.7. The van der Waals surface area contributed by atoms with Crippen molar-refractivity contribution in [3.05, 3.63) is 17.0 Å². The maximum absolute atomic E-state index is 12.1. The van der Waals surface area contributed by atoms with E-state index < -0.39 is 10.0 Å². The van der Waals surface area contributed by atoms with Crippen LogP contribution in [0.2, 0.25) is 0 Å². The Balaban J connectivity index is 0.00000676. The fourth-order valence-electron chi connectivity index (χ4n) is 2.44. The quantitative estimate of drug-likeness (QED) is 0.231. The molecular formula is C17H33IN4O3S2. The Labute approximate surface area is 184 Å². The molecular weight excluding hydrogens is 499 g/mol. The summed E-state index contributed by atoms with van der Waals surface area (Å²) in [5, 5.41) is 15.7. The monoisotopic (exact) mass is 532 g/mol. The number of nitrogens with one attached hydrogen (secondary N) is 2. The normalized spacial score (nSPS) is 13.3. The molecule has 0 aliphatic carbocycles. The summed E-state index contributed by atoms with van der Waals surface area (Å²) >= 11 is 1.24. The van der Waals surface area contributed by atoms with Crippen molar-refractivity contribution in [3.8, 4) is 0 Å². The van der Waals surface area contributed by atoms with Crippen molar-refractivity contribution in [1.82, 2.24) is 14.9 Å². The molecule has 0 bridgehead atoms. The van der Waals surface area contributed by atoms with Gasteiger partial charge in [-0.2, -0.15) is 0 Å². The number of nitrogens with zero attached hydrogens (tertiary/aromatic N) is 2. The van der Waals surface area contributed by atoms with Crippen LogP contribution in [0.1, 0.15) is 38.0 Å². The van der Waals surface area contributed by atoms with E-state index in [2.05, 4.69) is 22.5 Å². The molecule has 0 aliphatic rings. The lowest BCUT2D eigenvalue weighted by molar-refractivity contribution is 0.251. The number of hydrogen-bond acceptors (Lipinski definition) is 5. The summed E-state index contributed by atoms with van der Waals surface area (Å²) < 4.78 is 25.8. The molecule has 1 rings (SSSR count). The van der Waals surface area contributed by atoms with E-state index in [4.69, 9.17) is 5.11 Å². The minimum Gasteiger partial charge on any atom is -0.396 e. The van der Waals surface area contributed by atoms with Gasteiger partial charge in [-0.3, -0.25) is 0 Å². The molecule has 0 fully saturated rings. The topological polar surface area (TPSA) is 94.0 Å². The third kappa shape index (κ3) is 9.07. The van der Waals surface area contributed by atoms with Gasteiger partial charge in [0.15, 0.2) is 5.96 Å². The first-order valence-corrected chi connectivity index (χ1v) is 11.2. The summed E-state index contributed by atoms with van der Waals surface area (Å²) in [5.41, 5.74) is 0. The number of sulfonamides is 1. The van der Waals surface area contributed by atoms with E-state index in [-0.39, 0.29) is 30.6 Å². The van der Waals surface area contributed by atoms with Crippen molar-refractivity contribution in [3.63, 3.8) is 0 Å². The van der Waals surface area contributed by atoms with Gasteiger partial charge in [-0.25, -0.2) is 17.7 Å². The molecule has 1 unspecified atom stereocenters. The molecule has 10 heteroatoms. The molecule has 7 nitrogen and oxygen atoms in total. The fraction of sp³-hybridized carbons (Fsp3) is 0.706. The lowest BCUT2D eigenvalue weighted by Crippen LogP contribution is -2.40. The van der Waals surface area contributed by atoms with Gasteiger partial charge in [-0.15, -0.1) is 35.3 Å². The summed E-state index contributed by atoms with van der Waals surface area (Å²) in [7, 11) is -0.337. The first-order valence-electron chi connectivity index (χ1n) is 8.99. The molecule has 0 saturated carbocycles. The van der Waals surface area contributed by atoms with Crippen LogP contribution >= 0.6 is 35.3 Å². The van der Waals surface area contributed by atoms with Gasteiger partial charge in [-0.05, 0) is 37.8 Å². The molecule has 1 aromatic heterocycles. The Morgan fingerprint density at radius 1 is 1.26 bits per heavy atom. The highest BCUT2D eigenvalue weighted by atomic mass is 127. The molecule has 0 aliphatic heterocycles. The zero-order valence-corrected chi connectivity index (χ0v) is 20.5. The van der Waals surface area contributed by atoms with Gasteiger partial charge >= 0.3 is 0 Å². The van der Waals surface area contributed by atoms with E-state index in [1.807, 2.05) is 6.92 Å². The van der Waals surface area contributed by atoms with Gasteiger partial charge in [0.1, 0.15) is 4.21 Å². The van der Waals surface area contributed by atoms with Crippen molar-refractivity contribution in [1.29, 1.82) is 0 Å². The predicted molar refractivity (Wildman–Crippen MR) is 124 cm³/mol. The Bertz CT molecular complexity index is 657. The van der Waals surface area contributed by atoms with Crippen LogP contribution in [-0.4, -0.2) is 57.6 Å². The second-order valence-electron chi connectivity index (χ2n) is 6.25. The number of halogens is 1. The minimum atomic E-state index is -3.39. The largest absolute Gasteiger partial charge is 0.396 e. The van der Waals surface area contributed by atoms with E-state index in [0.717, 1.165) is 37.2 Å². The molecule has 1 heterocycles. The smallest absolute Gasteiger partial charge is 0.252 e. The second-order valence-corrected chi connectivity index (χ2v) is 9.80. The number of aliphatic hydroxyl groups is 1. The number of thiophene rings is 1. The maximum Gasteiger partial charge on any atom is 0.252 e. The molecule has 0 aromatic carbocycles. The lowest BCUT2D eigenvalue weighted by Gasteiger charge is -2.18. The van der Waals surface area contributed by atoms with Crippen LogP contribution in [0, 0.1) is 5.92 Å². The molecule has 1 aromatic rings. The molecule has 27 heavy (non-hydrogen) atoms. The lowest BCUT2D eigenvalue weighted by atomic mass is 10.0. The average Bonchev–Trinajstić information content (AvgIpc) is 3.07. The van der Waals surface area contributed by atoms with Crippen LogP contribution in [0.15, 0.2) is 21.3 Å². The van der Waals surface area contributed by atoms with E-state index in [0.29, 0.717) is 22.6 Å². The van der Waals surface area contributed by atoms with Crippen LogP contribution in [-0.2, 0) is 16.6 Å². The van der Waals surface area contributed by atoms with Crippen LogP contribution in [0.25, 0.3) is 0 Å². The predicted octanol–water partition coefficient (Wildman–Crippen LogP) is 2.47. The molecule has 158 valence electrons. The summed E-state index contributed by atoms with van der Waals surface area (Å²) in [6, 6.07) is 3.43. The van der Waals surface area contributed by atoms with Gasteiger partial charge in [0.2, 0.25) is 0 Å². The van der Waals surface area contributed by atoms with E-state index in [1.54, 1.807) is 12.1 Å². The van der Waals surface area contributed by atoms with Gasteiger partial charge in [0, 0.05) is 38.7 Å². The molecule has 1 atom stereocenters. The third-order valence-corrected chi connectivity index (χ3v) is 7.25. The maximum atomic E-state index is 12.1. The van der Waals surface area contributed by atoms with Gasteiger partial charge < -0.3 is 15.7 Å². The highest BCUT2D eigenvalue weighted by molar-refractivity contribution is 14.0. The van der Waals surface area contributed by atoms with Crippen molar-refractivity contribution in [2.45, 2.75) is 43.9 Å². The van der Waals surface area contributed by atoms with Gasteiger partial charge in [-0.1, -0.05) is 13.3 Å². The molecule has 0 amide bonds. The van der Waals surface area contributed by atoms with Crippen molar-refractivity contribution >= 4 is 51.3 Å². The number of hydrogen-bond donors (Lipinski definition) is 3. The van der Waals surface area contributed by atoms with E-state index in [1.165, 1.54) is 29.7 Å². The zero-order chi connectivity index (χ0) is 19.6. The number of aliphatic imine (C=N–C) groups is 1. The summed E-state index contributed by atoms with van der Waals surface area (Å²) in [5.74, 6) is 1.12. The van der Waals surface area contributed by atoms with Crippen LogP contribution in [0.5, 0.6) is 0 Å². The Hall–Kier alpha value is -0.430.